The average Bonchev–Trinajstić information content (AvgIpc) is 2.42. The molecule has 0 aliphatic carbocycles. The Morgan fingerprint density at radius 1 is 1.22 bits per heavy atom. The lowest BCUT2D eigenvalue weighted by atomic mass is 10.1. The van der Waals surface area contributed by atoms with E-state index in [0.717, 1.165) is 0 Å². The van der Waals surface area contributed by atoms with Crippen molar-refractivity contribution in [2.75, 3.05) is 27.9 Å². The Balaban J connectivity index is 3.23. The Kier molecular flexibility index (Phi) is 4.81. The van der Waals surface area contributed by atoms with Gasteiger partial charge in [0.15, 0.2) is 0 Å². The van der Waals surface area contributed by atoms with Crippen LogP contribution in [0.2, 0.25) is 0 Å². The molecule has 6 heteroatoms. The summed E-state index contributed by atoms with van der Waals surface area (Å²) in [5.74, 6) is 0.719. The highest BCUT2D eigenvalue weighted by Gasteiger charge is 2.19. The number of hydrogen-bond acceptors (Lipinski definition) is 5. The Morgan fingerprint density at radius 2 is 1.78 bits per heavy atom. The molecular weight excluding hydrogens is 236 g/mol. The molecule has 0 aliphatic rings. The highest BCUT2D eigenvalue weighted by molar-refractivity contribution is 6.00. The van der Waals surface area contributed by atoms with Crippen molar-refractivity contribution in [1.29, 1.82) is 5.26 Å². The van der Waals surface area contributed by atoms with Crippen LogP contribution in [0.15, 0.2) is 12.1 Å². The minimum atomic E-state index is -0.437. The van der Waals surface area contributed by atoms with Crippen LogP contribution in [-0.2, 0) is 0 Å². The zero-order valence-corrected chi connectivity index (χ0v) is 10.4. The molecule has 1 N–H and O–H groups in total. The van der Waals surface area contributed by atoms with Crippen LogP contribution >= 0.6 is 0 Å². The molecule has 0 aromatic heterocycles. The summed E-state index contributed by atoms with van der Waals surface area (Å²) in [6.07, 6.45) is 0. The number of carbonyl (C=O) groups is 1. The Hall–Kier alpha value is -2.42. The van der Waals surface area contributed by atoms with E-state index in [4.69, 9.17) is 19.5 Å². The molecule has 1 aromatic rings. The Morgan fingerprint density at radius 3 is 2.17 bits per heavy atom. The zero-order valence-electron chi connectivity index (χ0n) is 10.4. The van der Waals surface area contributed by atoms with Crippen molar-refractivity contribution in [3.63, 3.8) is 0 Å². The number of ether oxygens (including phenoxy) is 3. The van der Waals surface area contributed by atoms with Crippen molar-refractivity contribution < 1.29 is 19.0 Å². The third-order valence-electron chi connectivity index (χ3n) is 2.27. The molecule has 0 radical (unpaired) electrons. The van der Waals surface area contributed by atoms with Gasteiger partial charge in [-0.3, -0.25) is 4.79 Å². The summed E-state index contributed by atoms with van der Waals surface area (Å²) in [7, 11) is 4.38. The van der Waals surface area contributed by atoms with Crippen molar-refractivity contribution in [3.05, 3.63) is 17.7 Å². The van der Waals surface area contributed by atoms with Gasteiger partial charge in [-0.25, -0.2) is 0 Å². The van der Waals surface area contributed by atoms with E-state index in [2.05, 4.69) is 5.32 Å². The summed E-state index contributed by atoms with van der Waals surface area (Å²) in [5.41, 5.74) is 0.232. The number of nitrogens with zero attached hydrogens (tertiary/aromatic N) is 1. The molecule has 0 fully saturated rings. The fourth-order valence-corrected chi connectivity index (χ4v) is 1.44. The lowest BCUT2D eigenvalue weighted by Crippen LogP contribution is -2.24. The van der Waals surface area contributed by atoms with Crippen LogP contribution in [0.25, 0.3) is 0 Å². The third kappa shape index (κ3) is 2.83. The Bertz CT molecular complexity index is 454. The highest BCUT2D eigenvalue weighted by atomic mass is 16.5. The van der Waals surface area contributed by atoms with Gasteiger partial charge in [0.2, 0.25) is 0 Å². The number of nitriles is 1. The summed E-state index contributed by atoms with van der Waals surface area (Å²) < 4.78 is 15.3. The summed E-state index contributed by atoms with van der Waals surface area (Å²) in [6, 6.07) is 4.97. The summed E-state index contributed by atoms with van der Waals surface area (Å²) >= 11 is 0. The summed E-state index contributed by atoms with van der Waals surface area (Å²) in [6.45, 7) is -0.0861. The second-order valence-corrected chi connectivity index (χ2v) is 3.25. The van der Waals surface area contributed by atoms with Crippen LogP contribution in [0.4, 0.5) is 0 Å². The minimum Gasteiger partial charge on any atom is -0.496 e. The molecule has 0 bridgehead atoms. The molecule has 0 saturated carbocycles. The second-order valence-electron chi connectivity index (χ2n) is 3.25. The summed E-state index contributed by atoms with van der Waals surface area (Å²) in [4.78, 5) is 11.9. The number of rotatable bonds is 5. The molecule has 96 valence electrons. The number of carbonyl (C=O) groups excluding carboxylic acids is 1. The molecule has 0 spiro atoms. The second kappa shape index (κ2) is 6.35. The van der Waals surface area contributed by atoms with Crippen molar-refractivity contribution in [2.45, 2.75) is 0 Å². The number of hydrogen-bond donors (Lipinski definition) is 1. The molecule has 1 amide bonds. The van der Waals surface area contributed by atoms with Gasteiger partial charge in [-0.1, -0.05) is 0 Å². The Labute approximate surface area is 105 Å². The lowest BCUT2D eigenvalue weighted by molar-refractivity contribution is 0.0952. The molecule has 0 saturated heterocycles. The van der Waals surface area contributed by atoms with Gasteiger partial charge in [0.1, 0.15) is 29.4 Å². The van der Waals surface area contributed by atoms with Crippen LogP contribution in [-0.4, -0.2) is 33.8 Å². The van der Waals surface area contributed by atoms with E-state index in [1.165, 1.54) is 21.3 Å². The van der Waals surface area contributed by atoms with Crippen LogP contribution in [0.3, 0.4) is 0 Å². The van der Waals surface area contributed by atoms with E-state index in [0.29, 0.717) is 17.2 Å². The van der Waals surface area contributed by atoms with E-state index < -0.39 is 5.91 Å². The van der Waals surface area contributed by atoms with Crippen molar-refractivity contribution in [1.82, 2.24) is 5.32 Å². The van der Waals surface area contributed by atoms with Crippen molar-refractivity contribution in [2.24, 2.45) is 0 Å². The molecule has 1 aromatic carbocycles. The molecule has 18 heavy (non-hydrogen) atoms. The molecule has 0 aliphatic heterocycles. The summed E-state index contributed by atoms with van der Waals surface area (Å²) in [5, 5.41) is 10.9. The van der Waals surface area contributed by atoms with E-state index in [1.807, 2.05) is 6.07 Å². The average molecular weight is 250 g/mol. The maximum atomic E-state index is 11.9. The van der Waals surface area contributed by atoms with Crippen LogP contribution in [0.1, 0.15) is 10.4 Å². The molecule has 1 rings (SSSR count). The van der Waals surface area contributed by atoms with E-state index in [-0.39, 0.29) is 12.1 Å². The maximum absolute atomic E-state index is 11.9. The van der Waals surface area contributed by atoms with Gasteiger partial charge < -0.3 is 19.5 Å². The monoisotopic (exact) mass is 250 g/mol. The van der Waals surface area contributed by atoms with Gasteiger partial charge in [0, 0.05) is 12.1 Å². The third-order valence-corrected chi connectivity index (χ3v) is 2.27. The first kappa shape index (κ1) is 13.6. The van der Waals surface area contributed by atoms with E-state index in [1.54, 1.807) is 12.1 Å². The van der Waals surface area contributed by atoms with Gasteiger partial charge in [-0.05, 0) is 0 Å². The molecule has 0 atom stereocenters. The smallest absolute Gasteiger partial charge is 0.259 e. The van der Waals surface area contributed by atoms with E-state index >= 15 is 0 Å². The standard InChI is InChI=1S/C12H14N2O4/c1-16-8-6-9(17-2)11(10(7-8)18-3)12(15)14-5-4-13/h6-7H,5H2,1-3H3,(H,14,15). The number of methoxy groups -OCH3 is 3. The highest BCUT2D eigenvalue weighted by Crippen LogP contribution is 2.33. The van der Waals surface area contributed by atoms with Gasteiger partial charge in [-0.2, -0.15) is 5.26 Å². The molecule has 0 unspecified atom stereocenters. The SMILES string of the molecule is COc1cc(OC)c(C(=O)NCC#N)c(OC)c1. The first-order valence-corrected chi connectivity index (χ1v) is 5.13. The van der Waals surface area contributed by atoms with Gasteiger partial charge >= 0.3 is 0 Å². The first-order valence-electron chi connectivity index (χ1n) is 5.13. The molecule has 0 heterocycles. The largest absolute Gasteiger partial charge is 0.496 e. The topological polar surface area (TPSA) is 80.6 Å². The maximum Gasteiger partial charge on any atom is 0.259 e. The molecular formula is C12H14N2O4. The van der Waals surface area contributed by atoms with Crippen molar-refractivity contribution >= 4 is 5.91 Å². The first-order chi connectivity index (χ1) is 8.67. The van der Waals surface area contributed by atoms with Crippen LogP contribution < -0.4 is 19.5 Å². The predicted octanol–water partition coefficient (Wildman–Crippen LogP) is 0.966. The number of amides is 1. The van der Waals surface area contributed by atoms with Crippen molar-refractivity contribution in [3.8, 4) is 23.3 Å². The number of nitrogens with one attached hydrogen (secondary N) is 1. The quantitative estimate of drug-likeness (QED) is 0.787. The normalized spacial score (nSPS) is 9.22. The predicted molar refractivity (Wildman–Crippen MR) is 64.0 cm³/mol. The number of benzene rings is 1. The molecule has 6 nitrogen and oxygen atoms in total. The van der Waals surface area contributed by atoms with Gasteiger partial charge in [0.25, 0.3) is 5.91 Å². The van der Waals surface area contributed by atoms with Gasteiger partial charge in [-0.15, -0.1) is 0 Å². The van der Waals surface area contributed by atoms with Crippen LogP contribution in [0, 0.1) is 11.3 Å². The zero-order chi connectivity index (χ0) is 13.5. The fourth-order valence-electron chi connectivity index (χ4n) is 1.44. The minimum absolute atomic E-state index is 0.0861. The van der Waals surface area contributed by atoms with Crippen LogP contribution in [0.5, 0.6) is 17.2 Å². The van der Waals surface area contributed by atoms with E-state index in [9.17, 15) is 4.79 Å². The lowest BCUT2D eigenvalue weighted by Gasteiger charge is -2.14. The van der Waals surface area contributed by atoms with Gasteiger partial charge in [0.05, 0.1) is 27.4 Å². The fraction of sp³-hybridized carbons (Fsp3) is 0.333.